The van der Waals surface area contributed by atoms with Gasteiger partial charge < -0.3 is 10.2 Å². The minimum atomic E-state index is 0.125. The lowest BCUT2D eigenvalue weighted by Crippen LogP contribution is -2.40. The van der Waals surface area contributed by atoms with Crippen LogP contribution in [-0.4, -0.2) is 42.5 Å². The van der Waals surface area contributed by atoms with Crippen molar-refractivity contribution in [1.29, 1.82) is 0 Å². The van der Waals surface area contributed by atoms with Crippen LogP contribution in [0.1, 0.15) is 49.4 Å². The zero-order chi connectivity index (χ0) is 18.6. The number of nitrogens with zero attached hydrogens (tertiary/aromatic N) is 3. The normalized spacial score (nSPS) is 18.4. The molecule has 5 heteroatoms. The Morgan fingerprint density at radius 2 is 2.08 bits per heavy atom. The molecule has 1 aliphatic rings. The molecule has 1 N–H and O–H groups in total. The van der Waals surface area contributed by atoms with E-state index in [0.717, 1.165) is 32.0 Å². The molecule has 2 aromatic rings. The van der Waals surface area contributed by atoms with Gasteiger partial charge in [0.2, 0.25) is 0 Å². The van der Waals surface area contributed by atoms with Gasteiger partial charge >= 0.3 is 0 Å². The molecule has 0 amide bonds. The average molecular weight is 371 g/mol. The van der Waals surface area contributed by atoms with Crippen molar-refractivity contribution in [3.8, 4) is 0 Å². The van der Waals surface area contributed by atoms with Crippen molar-refractivity contribution in [1.82, 2.24) is 15.2 Å². The van der Waals surface area contributed by atoms with Crippen LogP contribution >= 0.6 is 11.3 Å². The Bertz CT molecular complexity index is 730. The first-order valence-corrected chi connectivity index (χ1v) is 10.3. The third-order valence-electron chi connectivity index (χ3n) is 4.91. The molecule has 26 heavy (non-hydrogen) atoms. The number of hydrogen-bond donors (Lipinski definition) is 1. The highest BCUT2D eigenvalue weighted by atomic mass is 32.1. The van der Waals surface area contributed by atoms with Gasteiger partial charge in [0, 0.05) is 49.8 Å². The van der Waals surface area contributed by atoms with Crippen molar-refractivity contribution in [3.05, 3.63) is 52.0 Å². The average Bonchev–Trinajstić information content (AvgIpc) is 3.29. The van der Waals surface area contributed by atoms with Crippen LogP contribution in [0, 0.1) is 0 Å². The van der Waals surface area contributed by atoms with Crippen molar-refractivity contribution >= 4 is 17.3 Å². The lowest BCUT2D eigenvalue weighted by Gasteiger charge is -2.21. The van der Waals surface area contributed by atoms with Crippen LogP contribution in [0.4, 0.5) is 0 Å². The highest BCUT2D eigenvalue weighted by Gasteiger charge is 2.25. The molecule has 1 aromatic carbocycles. The third kappa shape index (κ3) is 4.64. The third-order valence-corrected chi connectivity index (χ3v) is 5.82. The molecule has 0 aliphatic carbocycles. The van der Waals surface area contributed by atoms with Crippen LogP contribution in [0.15, 0.2) is 40.7 Å². The minimum absolute atomic E-state index is 0.125. The summed E-state index contributed by atoms with van der Waals surface area (Å²) >= 11 is 1.76. The number of nitrogens with one attached hydrogen (secondary N) is 1. The van der Waals surface area contributed by atoms with Gasteiger partial charge in [0.1, 0.15) is 0 Å². The van der Waals surface area contributed by atoms with Crippen LogP contribution in [0.5, 0.6) is 0 Å². The predicted molar refractivity (Wildman–Crippen MR) is 111 cm³/mol. The standard InChI is InChI=1S/C21H30N4S/c1-21(2,3)18-15-26-19(24-18)10-12-23-20(22-4)25-13-11-17(14-25)16-8-6-5-7-9-16/h5-9,15,17H,10-14H2,1-4H3,(H,22,23). The quantitative estimate of drug-likeness (QED) is 0.652. The summed E-state index contributed by atoms with van der Waals surface area (Å²) in [5.41, 5.74) is 2.75. The van der Waals surface area contributed by atoms with Gasteiger partial charge in [-0.1, -0.05) is 51.1 Å². The predicted octanol–water partition coefficient (Wildman–Crippen LogP) is 4.05. The molecular weight excluding hydrogens is 340 g/mol. The second kappa shape index (κ2) is 8.21. The molecule has 1 unspecified atom stereocenters. The molecule has 1 aromatic heterocycles. The van der Waals surface area contributed by atoms with E-state index in [1.54, 1.807) is 11.3 Å². The van der Waals surface area contributed by atoms with E-state index in [0.29, 0.717) is 5.92 Å². The molecular formula is C21H30N4S. The Morgan fingerprint density at radius 1 is 1.31 bits per heavy atom. The van der Waals surface area contributed by atoms with Gasteiger partial charge in [0.15, 0.2) is 5.96 Å². The van der Waals surface area contributed by atoms with E-state index in [-0.39, 0.29) is 5.41 Å². The Balaban J connectivity index is 1.50. The van der Waals surface area contributed by atoms with E-state index in [4.69, 9.17) is 4.98 Å². The van der Waals surface area contributed by atoms with Gasteiger partial charge in [0.25, 0.3) is 0 Å². The molecule has 0 spiro atoms. The lowest BCUT2D eigenvalue weighted by molar-refractivity contribution is 0.486. The molecule has 140 valence electrons. The second-order valence-electron chi connectivity index (χ2n) is 7.94. The monoisotopic (exact) mass is 370 g/mol. The number of likely N-dealkylation sites (tertiary alicyclic amines) is 1. The zero-order valence-electron chi connectivity index (χ0n) is 16.3. The van der Waals surface area contributed by atoms with E-state index < -0.39 is 0 Å². The molecule has 0 radical (unpaired) electrons. The summed E-state index contributed by atoms with van der Waals surface area (Å²) in [5.74, 6) is 1.61. The molecule has 1 atom stereocenters. The Kier molecular flexibility index (Phi) is 5.97. The van der Waals surface area contributed by atoms with Gasteiger partial charge in [-0.25, -0.2) is 4.98 Å². The van der Waals surface area contributed by atoms with Gasteiger partial charge in [-0.2, -0.15) is 0 Å². The maximum absolute atomic E-state index is 4.78. The van der Waals surface area contributed by atoms with Crippen molar-refractivity contribution in [2.45, 2.75) is 44.9 Å². The van der Waals surface area contributed by atoms with Gasteiger partial charge in [-0.3, -0.25) is 4.99 Å². The number of hydrogen-bond acceptors (Lipinski definition) is 3. The fourth-order valence-electron chi connectivity index (χ4n) is 3.33. The summed E-state index contributed by atoms with van der Waals surface area (Å²) in [5, 5.41) is 6.91. The summed E-state index contributed by atoms with van der Waals surface area (Å²) in [4.78, 5) is 11.6. The van der Waals surface area contributed by atoms with Crippen molar-refractivity contribution in [3.63, 3.8) is 0 Å². The fraction of sp³-hybridized carbons (Fsp3) is 0.524. The Labute approximate surface area is 161 Å². The lowest BCUT2D eigenvalue weighted by atomic mass is 9.93. The van der Waals surface area contributed by atoms with Crippen LogP contribution in [0.3, 0.4) is 0 Å². The van der Waals surface area contributed by atoms with E-state index in [9.17, 15) is 0 Å². The number of rotatable bonds is 4. The zero-order valence-corrected chi connectivity index (χ0v) is 17.1. The van der Waals surface area contributed by atoms with Gasteiger partial charge in [0.05, 0.1) is 10.7 Å². The van der Waals surface area contributed by atoms with E-state index in [2.05, 4.69) is 71.7 Å². The number of thiazole rings is 1. The van der Waals surface area contributed by atoms with Gasteiger partial charge in [-0.05, 0) is 12.0 Å². The molecule has 1 aliphatic heterocycles. The molecule has 4 nitrogen and oxygen atoms in total. The molecule has 1 saturated heterocycles. The maximum atomic E-state index is 4.78. The highest BCUT2D eigenvalue weighted by Crippen LogP contribution is 2.27. The van der Waals surface area contributed by atoms with E-state index in [1.165, 1.54) is 22.7 Å². The first-order valence-electron chi connectivity index (χ1n) is 9.43. The smallest absolute Gasteiger partial charge is 0.193 e. The Morgan fingerprint density at radius 3 is 2.73 bits per heavy atom. The summed E-state index contributed by atoms with van der Waals surface area (Å²) in [7, 11) is 1.87. The second-order valence-corrected chi connectivity index (χ2v) is 8.89. The number of benzene rings is 1. The first-order chi connectivity index (χ1) is 12.5. The topological polar surface area (TPSA) is 40.5 Å². The molecule has 3 rings (SSSR count). The Hall–Kier alpha value is -1.88. The van der Waals surface area contributed by atoms with E-state index in [1.807, 2.05) is 7.05 Å². The molecule has 2 heterocycles. The summed E-state index contributed by atoms with van der Waals surface area (Å²) in [6.45, 7) is 9.60. The molecule has 0 saturated carbocycles. The van der Waals surface area contributed by atoms with Crippen LogP contribution in [-0.2, 0) is 11.8 Å². The van der Waals surface area contributed by atoms with Crippen molar-refractivity contribution < 1.29 is 0 Å². The van der Waals surface area contributed by atoms with E-state index >= 15 is 0 Å². The highest BCUT2D eigenvalue weighted by molar-refractivity contribution is 7.09. The van der Waals surface area contributed by atoms with Crippen molar-refractivity contribution in [2.24, 2.45) is 4.99 Å². The summed E-state index contributed by atoms with van der Waals surface area (Å²) in [6, 6.07) is 10.8. The molecule has 1 fully saturated rings. The first kappa shape index (κ1) is 18.9. The van der Waals surface area contributed by atoms with Crippen LogP contribution in [0.25, 0.3) is 0 Å². The van der Waals surface area contributed by atoms with Crippen LogP contribution in [0.2, 0.25) is 0 Å². The van der Waals surface area contributed by atoms with Gasteiger partial charge in [-0.15, -0.1) is 11.3 Å². The maximum Gasteiger partial charge on any atom is 0.193 e. The summed E-state index contributed by atoms with van der Waals surface area (Å²) < 4.78 is 0. The number of aliphatic imine (C=N–C) groups is 1. The van der Waals surface area contributed by atoms with Crippen LogP contribution < -0.4 is 5.32 Å². The fourth-order valence-corrected chi connectivity index (χ4v) is 4.36. The minimum Gasteiger partial charge on any atom is -0.356 e. The molecule has 0 bridgehead atoms. The summed E-state index contributed by atoms with van der Waals surface area (Å²) in [6.07, 6.45) is 2.13. The largest absolute Gasteiger partial charge is 0.356 e. The number of guanidine groups is 1. The number of aromatic nitrogens is 1. The SMILES string of the molecule is CN=C(NCCc1nc(C(C)(C)C)cs1)N1CCC(c2ccccc2)C1. The van der Waals surface area contributed by atoms with Crippen molar-refractivity contribution in [2.75, 3.05) is 26.7 Å².